The molecule has 3 heterocycles. The van der Waals surface area contributed by atoms with Crippen LogP contribution in [0.1, 0.15) is 40.4 Å². The fraction of sp³-hybridized carbons (Fsp3) is 0.229. The summed E-state index contributed by atoms with van der Waals surface area (Å²) in [5.41, 5.74) is 1.48. The first-order valence-corrected chi connectivity index (χ1v) is 14.5. The van der Waals surface area contributed by atoms with Crippen LogP contribution in [0.25, 0.3) is 0 Å². The van der Waals surface area contributed by atoms with Crippen LogP contribution < -0.4 is 10.1 Å². The number of carboxylic acids is 1. The summed E-state index contributed by atoms with van der Waals surface area (Å²) in [5.74, 6) is -3.50. The summed E-state index contributed by atoms with van der Waals surface area (Å²) < 4.78 is 12.0. The number of ether oxygens (including phenoxy) is 2. The number of aliphatic hydroxyl groups is 1. The number of carboxylic acid groups (broad SMARTS) is 1. The fourth-order valence-electron chi connectivity index (χ4n) is 7.47. The third kappa shape index (κ3) is 4.11. The van der Waals surface area contributed by atoms with Crippen molar-refractivity contribution in [1.82, 2.24) is 4.90 Å². The normalized spacial score (nSPS) is 27.3. The number of carbonyl (C=O) groups is 3. The van der Waals surface area contributed by atoms with Crippen molar-refractivity contribution >= 4 is 23.5 Å². The zero-order chi connectivity index (χ0) is 30.4. The molecular weight excluding hydrogens is 560 g/mol. The Labute approximate surface area is 253 Å². The van der Waals surface area contributed by atoms with Gasteiger partial charge in [-0.05, 0) is 40.5 Å². The van der Waals surface area contributed by atoms with Crippen molar-refractivity contribution in [3.05, 3.63) is 131 Å². The molecule has 44 heavy (non-hydrogen) atoms. The third-order valence-electron chi connectivity index (χ3n) is 9.02. The molecule has 7 rings (SSSR count). The van der Waals surface area contributed by atoms with Gasteiger partial charge in [-0.25, -0.2) is 0 Å². The highest BCUT2D eigenvalue weighted by molar-refractivity contribution is 6.11. The number of hydrogen-bond donors (Lipinski definition) is 3. The van der Waals surface area contributed by atoms with E-state index in [0.29, 0.717) is 22.6 Å². The lowest BCUT2D eigenvalue weighted by Gasteiger charge is -2.46. The van der Waals surface area contributed by atoms with Gasteiger partial charge in [-0.15, -0.1) is 0 Å². The lowest BCUT2D eigenvalue weighted by molar-refractivity contribution is -0.179. The molecule has 0 aliphatic carbocycles. The molecule has 1 spiro atoms. The molecule has 4 aromatic rings. The summed E-state index contributed by atoms with van der Waals surface area (Å²) >= 11 is 0. The molecule has 2 fully saturated rings. The van der Waals surface area contributed by atoms with Crippen LogP contribution in [-0.2, 0) is 24.5 Å². The number of aliphatic carboxylic acids is 1. The van der Waals surface area contributed by atoms with Crippen LogP contribution in [0.3, 0.4) is 0 Å². The fourth-order valence-corrected chi connectivity index (χ4v) is 7.47. The number of fused-ring (bicyclic) bond motifs is 3. The molecule has 0 aromatic heterocycles. The second kappa shape index (κ2) is 10.9. The van der Waals surface area contributed by atoms with Gasteiger partial charge in [0.2, 0.25) is 5.91 Å². The second-order valence-corrected chi connectivity index (χ2v) is 11.2. The van der Waals surface area contributed by atoms with Crippen LogP contribution in [0.4, 0.5) is 5.69 Å². The van der Waals surface area contributed by atoms with Gasteiger partial charge in [-0.1, -0.05) is 91.0 Å². The van der Waals surface area contributed by atoms with Gasteiger partial charge in [0.1, 0.15) is 35.8 Å². The Morgan fingerprint density at radius 3 is 2.20 bits per heavy atom. The molecular formula is C35H30N2O7. The summed E-state index contributed by atoms with van der Waals surface area (Å²) in [6.45, 7) is -0.134. The van der Waals surface area contributed by atoms with E-state index in [-0.39, 0.29) is 13.2 Å². The van der Waals surface area contributed by atoms with E-state index in [2.05, 4.69) is 5.32 Å². The molecule has 3 aliphatic heterocycles. The first kappa shape index (κ1) is 27.8. The Bertz CT molecular complexity index is 1730. The van der Waals surface area contributed by atoms with E-state index in [1.165, 1.54) is 0 Å². The van der Waals surface area contributed by atoms with Crippen LogP contribution in [-0.4, -0.2) is 52.2 Å². The van der Waals surface area contributed by atoms with Gasteiger partial charge in [0.05, 0.1) is 18.7 Å². The standard InChI is InChI=1S/C35H30N2O7/c38-18-19-43-24-15-9-14-23(20-24)31-35(25-16-7-8-17-26(25)36-34(35)42)27(32(39)40)29-33(41)44-30(22-12-5-2-6-13-22)28(37(29)31)21-10-3-1-4-11-21/h1-17,20,27-31,38H,18-19H2,(H,36,42)(H,39,40)/t27-,28-,29-,30+,31+,35-/m0/s1. The van der Waals surface area contributed by atoms with Gasteiger partial charge in [-0.3, -0.25) is 19.3 Å². The Morgan fingerprint density at radius 1 is 0.841 bits per heavy atom. The van der Waals surface area contributed by atoms with Crippen molar-refractivity contribution in [2.24, 2.45) is 5.92 Å². The zero-order valence-corrected chi connectivity index (χ0v) is 23.6. The Hall–Kier alpha value is -4.99. The number of carbonyl (C=O) groups excluding carboxylic acids is 2. The second-order valence-electron chi connectivity index (χ2n) is 11.2. The number of aliphatic hydroxyl groups excluding tert-OH is 1. The van der Waals surface area contributed by atoms with E-state index < -0.39 is 53.4 Å². The lowest BCUT2D eigenvalue weighted by atomic mass is 9.65. The number of benzene rings is 4. The van der Waals surface area contributed by atoms with Crippen molar-refractivity contribution in [2.45, 2.75) is 29.6 Å². The number of nitrogens with one attached hydrogen (secondary N) is 1. The van der Waals surface area contributed by atoms with Crippen molar-refractivity contribution in [3.8, 4) is 5.75 Å². The van der Waals surface area contributed by atoms with Crippen molar-refractivity contribution < 1.29 is 34.1 Å². The third-order valence-corrected chi connectivity index (χ3v) is 9.02. The van der Waals surface area contributed by atoms with E-state index in [4.69, 9.17) is 9.47 Å². The largest absolute Gasteiger partial charge is 0.491 e. The molecule has 0 radical (unpaired) electrons. The van der Waals surface area contributed by atoms with E-state index in [0.717, 1.165) is 11.1 Å². The Kier molecular flexibility index (Phi) is 6.91. The van der Waals surface area contributed by atoms with E-state index in [9.17, 15) is 24.6 Å². The monoisotopic (exact) mass is 590 g/mol. The molecule has 0 bridgehead atoms. The minimum absolute atomic E-state index is 0.0573. The summed E-state index contributed by atoms with van der Waals surface area (Å²) in [5, 5.41) is 23.3. The number of nitrogens with zero attached hydrogens (tertiary/aromatic N) is 1. The molecule has 222 valence electrons. The number of morpholine rings is 1. The molecule has 1 amide bonds. The number of hydrogen-bond acceptors (Lipinski definition) is 7. The predicted octanol–water partition coefficient (Wildman–Crippen LogP) is 4.41. The Balaban J connectivity index is 1.54. The summed E-state index contributed by atoms with van der Waals surface area (Å²) in [4.78, 5) is 43.9. The van der Waals surface area contributed by atoms with Crippen LogP contribution in [0.2, 0.25) is 0 Å². The van der Waals surface area contributed by atoms with Crippen molar-refractivity contribution in [1.29, 1.82) is 0 Å². The minimum Gasteiger partial charge on any atom is -0.491 e. The zero-order valence-electron chi connectivity index (χ0n) is 23.6. The smallest absolute Gasteiger partial charge is 0.325 e. The van der Waals surface area contributed by atoms with E-state index in [1.54, 1.807) is 42.5 Å². The van der Waals surface area contributed by atoms with Crippen LogP contribution in [0, 0.1) is 5.92 Å². The summed E-state index contributed by atoms with van der Waals surface area (Å²) in [7, 11) is 0. The van der Waals surface area contributed by atoms with Crippen molar-refractivity contribution in [3.63, 3.8) is 0 Å². The highest BCUT2D eigenvalue weighted by Gasteiger charge is 2.74. The van der Waals surface area contributed by atoms with E-state index >= 15 is 0 Å². The molecule has 3 N–H and O–H groups in total. The molecule has 4 aromatic carbocycles. The number of amides is 1. The van der Waals surface area contributed by atoms with Gasteiger partial charge in [-0.2, -0.15) is 0 Å². The van der Waals surface area contributed by atoms with Crippen LogP contribution in [0.15, 0.2) is 109 Å². The molecule has 0 unspecified atom stereocenters. The quantitative estimate of drug-likeness (QED) is 0.270. The lowest BCUT2D eigenvalue weighted by Crippen LogP contribution is -2.52. The van der Waals surface area contributed by atoms with Gasteiger partial charge < -0.3 is 25.0 Å². The minimum atomic E-state index is -1.69. The maximum Gasteiger partial charge on any atom is 0.325 e. The predicted molar refractivity (Wildman–Crippen MR) is 160 cm³/mol. The molecule has 0 saturated carbocycles. The first-order valence-electron chi connectivity index (χ1n) is 14.5. The Morgan fingerprint density at radius 2 is 1.50 bits per heavy atom. The number of anilines is 1. The van der Waals surface area contributed by atoms with E-state index in [1.807, 2.05) is 71.6 Å². The molecule has 9 nitrogen and oxygen atoms in total. The van der Waals surface area contributed by atoms with Gasteiger partial charge in [0, 0.05) is 5.69 Å². The maximum atomic E-state index is 14.4. The first-order chi connectivity index (χ1) is 21.5. The average molecular weight is 591 g/mol. The topological polar surface area (TPSA) is 125 Å². The number of rotatable bonds is 7. The average Bonchev–Trinajstić information content (AvgIpc) is 3.53. The SMILES string of the molecule is O=C1O[C@H](c2ccccc2)[C@H](c2ccccc2)N2[C@H]1[C@@H](C(=O)O)[C@]1(C(=O)Nc3ccccc31)[C@H]2c1cccc(OCCO)c1. The molecule has 2 saturated heterocycles. The summed E-state index contributed by atoms with van der Waals surface area (Å²) in [6.07, 6.45) is -0.789. The maximum absolute atomic E-state index is 14.4. The number of para-hydroxylation sites is 1. The van der Waals surface area contributed by atoms with Gasteiger partial charge in [0.15, 0.2) is 0 Å². The molecule has 3 aliphatic rings. The highest BCUT2D eigenvalue weighted by atomic mass is 16.6. The molecule has 6 atom stereocenters. The number of cyclic esters (lactones) is 1. The van der Waals surface area contributed by atoms with Crippen LogP contribution >= 0.6 is 0 Å². The highest BCUT2D eigenvalue weighted by Crippen LogP contribution is 2.64. The summed E-state index contributed by atoms with van der Waals surface area (Å²) in [6, 6.07) is 30.2. The van der Waals surface area contributed by atoms with Crippen molar-refractivity contribution in [2.75, 3.05) is 18.5 Å². The van der Waals surface area contributed by atoms with Gasteiger partial charge >= 0.3 is 11.9 Å². The molecule has 9 heteroatoms. The van der Waals surface area contributed by atoms with Gasteiger partial charge in [0.25, 0.3) is 0 Å². The number of esters is 1. The van der Waals surface area contributed by atoms with Crippen LogP contribution in [0.5, 0.6) is 5.75 Å².